The van der Waals surface area contributed by atoms with E-state index in [1.54, 1.807) is 0 Å². The van der Waals surface area contributed by atoms with Gasteiger partial charge in [-0.2, -0.15) is 0 Å². The number of hydrogen-bond acceptors (Lipinski definition) is 3. The molecule has 0 bridgehead atoms. The first-order chi connectivity index (χ1) is 9.28. The molecule has 4 nitrogen and oxygen atoms in total. The van der Waals surface area contributed by atoms with Gasteiger partial charge in [0.15, 0.2) is 0 Å². The fraction of sp³-hybridized carbons (Fsp3) is 0. The monoisotopic (exact) mass is 350 g/mol. The van der Waals surface area contributed by atoms with Crippen molar-refractivity contribution in [1.29, 1.82) is 0 Å². The molecule has 0 aliphatic heterocycles. The molecule has 2 aromatic rings. The summed E-state index contributed by atoms with van der Waals surface area (Å²) >= 11 is 17.4. The van der Waals surface area contributed by atoms with Crippen molar-refractivity contribution in [2.75, 3.05) is 10.5 Å². The molecule has 8 heteroatoms. The largest absolute Gasteiger partial charge is 0.397 e. The molecule has 3 N–H and O–H groups in total. The molecule has 106 valence electrons. The second kappa shape index (κ2) is 5.69. The Morgan fingerprint density at radius 2 is 1.55 bits per heavy atom. The first kappa shape index (κ1) is 15.3. The predicted molar refractivity (Wildman–Crippen MR) is 83.1 cm³/mol. The molecule has 0 heterocycles. The van der Waals surface area contributed by atoms with Crippen molar-refractivity contribution in [3.8, 4) is 0 Å². The number of nitrogens with two attached hydrogens (primary N) is 1. The highest BCUT2D eigenvalue weighted by Crippen LogP contribution is 2.26. The third-order valence-corrected chi connectivity index (χ3v) is 4.54. The Labute approximate surface area is 131 Å². The Kier molecular flexibility index (Phi) is 4.34. The zero-order valence-electron chi connectivity index (χ0n) is 9.90. The smallest absolute Gasteiger partial charge is 0.261 e. The Balaban J connectivity index is 2.37. The molecule has 0 aliphatic rings. The Morgan fingerprint density at radius 3 is 2.10 bits per heavy atom. The molecule has 0 saturated heterocycles. The lowest BCUT2D eigenvalue weighted by Crippen LogP contribution is -2.13. The van der Waals surface area contributed by atoms with Crippen LogP contribution in [0.25, 0.3) is 0 Å². The topological polar surface area (TPSA) is 72.2 Å². The predicted octanol–water partition coefficient (Wildman–Crippen LogP) is 4.03. The second-order valence-corrected chi connectivity index (χ2v) is 6.91. The molecule has 0 spiro atoms. The standard InChI is InChI=1S/C12H9Cl3N2O2S/c13-7-3-8(14)5-10(4-7)20(18,19)17-9-1-2-11(15)12(16)6-9/h1-6,17H,16H2. The van der Waals surface area contributed by atoms with Gasteiger partial charge in [-0.1, -0.05) is 34.8 Å². The third kappa shape index (κ3) is 3.49. The Morgan fingerprint density at radius 1 is 0.950 bits per heavy atom. The SMILES string of the molecule is Nc1cc(NS(=O)(=O)c2cc(Cl)cc(Cl)c2)ccc1Cl. The molecule has 0 fully saturated rings. The van der Waals surface area contributed by atoms with Crippen LogP contribution in [0.15, 0.2) is 41.3 Å². The van der Waals surface area contributed by atoms with Gasteiger partial charge in [0.1, 0.15) is 0 Å². The van der Waals surface area contributed by atoms with Crippen LogP contribution in [-0.4, -0.2) is 8.42 Å². The van der Waals surface area contributed by atoms with E-state index in [9.17, 15) is 8.42 Å². The van der Waals surface area contributed by atoms with E-state index in [1.807, 2.05) is 0 Å². The van der Waals surface area contributed by atoms with Crippen LogP contribution in [0.3, 0.4) is 0 Å². The van der Waals surface area contributed by atoms with Crippen LogP contribution >= 0.6 is 34.8 Å². The maximum atomic E-state index is 12.2. The van der Waals surface area contributed by atoms with Gasteiger partial charge in [0.05, 0.1) is 21.3 Å². The van der Waals surface area contributed by atoms with Crippen molar-refractivity contribution in [3.05, 3.63) is 51.5 Å². The lowest BCUT2D eigenvalue weighted by atomic mass is 10.3. The number of sulfonamides is 1. The normalized spacial score (nSPS) is 11.3. The highest BCUT2D eigenvalue weighted by Gasteiger charge is 2.16. The average molecular weight is 352 g/mol. The summed E-state index contributed by atoms with van der Waals surface area (Å²) in [5.41, 5.74) is 6.19. The lowest BCUT2D eigenvalue weighted by molar-refractivity contribution is 0.601. The molecule has 0 atom stereocenters. The number of rotatable bonds is 3. The number of nitrogen functional groups attached to an aromatic ring is 1. The van der Waals surface area contributed by atoms with Crippen LogP contribution in [-0.2, 0) is 10.0 Å². The maximum Gasteiger partial charge on any atom is 0.261 e. The van der Waals surface area contributed by atoms with Crippen molar-refractivity contribution in [1.82, 2.24) is 0 Å². The van der Waals surface area contributed by atoms with E-state index in [2.05, 4.69) is 4.72 Å². The molecule has 2 rings (SSSR count). The van der Waals surface area contributed by atoms with Crippen LogP contribution in [0.2, 0.25) is 15.1 Å². The van der Waals surface area contributed by atoms with Crippen molar-refractivity contribution in [3.63, 3.8) is 0 Å². The molecule has 2 aromatic carbocycles. The van der Waals surface area contributed by atoms with Gasteiger partial charge < -0.3 is 5.73 Å². The van der Waals surface area contributed by atoms with E-state index in [0.717, 1.165) is 0 Å². The molecular formula is C12H9Cl3N2O2S. The minimum Gasteiger partial charge on any atom is -0.397 e. The molecule has 0 saturated carbocycles. The number of benzene rings is 2. The van der Waals surface area contributed by atoms with E-state index < -0.39 is 10.0 Å². The van der Waals surface area contributed by atoms with Crippen LogP contribution < -0.4 is 10.5 Å². The average Bonchev–Trinajstić information content (AvgIpc) is 2.32. The molecule has 0 aromatic heterocycles. The van der Waals surface area contributed by atoms with Gasteiger partial charge >= 0.3 is 0 Å². The van der Waals surface area contributed by atoms with E-state index in [0.29, 0.717) is 10.7 Å². The maximum absolute atomic E-state index is 12.2. The highest BCUT2D eigenvalue weighted by molar-refractivity contribution is 7.92. The molecule has 0 unspecified atom stereocenters. The summed E-state index contributed by atoms with van der Waals surface area (Å²) < 4.78 is 26.8. The van der Waals surface area contributed by atoms with Crippen molar-refractivity contribution in [2.24, 2.45) is 0 Å². The van der Waals surface area contributed by atoms with Gasteiger partial charge in [-0.3, -0.25) is 4.72 Å². The highest BCUT2D eigenvalue weighted by atomic mass is 35.5. The summed E-state index contributed by atoms with van der Waals surface area (Å²) in [4.78, 5) is -0.0384. The fourth-order valence-electron chi connectivity index (χ4n) is 1.50. The summed E-state index contributed by atoms with van der Waals surface area (Å²) in [5.74, 6) is 0. The van der Waals surface area contributed by atoms with E-state index >= 15 is 0 Å². The first-order valence-electron chi connectivity index (χ1n) is 5.32. The summed E-state index contributed by atoms with van der Waals surface area (Å²) in [5, 5.41) is 0.806. The number of anilines is 2. The van der Waals surface area contributed by atoms with Crippen LogP contribution in [0.5, 0.6) is 0 Å². The van der Waals surface area contributed by atoms with E-state index in [-0.39, 0.29) is 20.6 Å². The quantitative estimate of drug-likeness (QED) is 0.820. The van der Waals surface area contributed by atoms with E-state index in [1.165, 1.54) is 36.4 Å². The minimum absolute atomic E-state index is 0.0384. The summed E-state index contributed by atoms with van der Waals surface area (Å²) in [6.07, 6.45) is 0. The zero-order chi connectivity index (χ0) is 14.9. The summed E-state index contributed by atoms with van der Waals surface area (Å²) in [6, 6.07) is 8.47. The third-order valence-electron chi connectivity index (χ3n) is 2.39. The molecule has 20 heavy (non-hydrogen) atoms. The molecule has 0 radical (unpaired) electrons. The van der Waals surface area contributed by atoms with Gasteiger partial charge in [-0.15, -0.1) is 0 Å². The summed E-state index contributed by atoms with van der Waals surface area (Å²) in [6.45, 7) is 0. The first-order valence-corrected chi connectivity index (χ1v) is 7.93. The summed E-state index contributed by atoms with van der Waals surface area (Å²) in [7, 11) is -3.81. The van der Waals surface area contributed by atoms with Gasteiger partial charge in [0.2, 0.25) is 0 Å². The van der Waals surface area contributed by atoms with Crippen LogP contribution in [0.1, 0.15) is 0 Å². The van der Waals surface area contributed by atoms with Crippen molar-refractivity contribution < 1.29 is 8.42 Å². The van der Waals surface area contributed by atoms with Crippen LogP contribution in [0, 0.1) is 0 Å². The minimum atomic E-state index is -3.81. The van der Waals surface area contributed by atoms with Gasteiger partial charge in [0, 0.05) is 10.0 Å². The Hall–Kier alpha value is -1.14. The van der Waals surface area contributed by atoms with Gasteiger partial charge in [-0.25, -0.2) is 8.42 Å². The fourth-order valence-corrected chi connectivity index (χ4v) is 3.40. The van der Waals surface area contributed by atoms with Gasteiger partial charge in [-0.05, 0) is 36.4 Å². The van der Waals surface area contributed by atoms with Gasteiger partial charge in [0.25, 0.3) is 10.0 Å². The number of nitrogens with one attached hydrogen (secondary N) is 1. The number of hydrogen-bond donors (Lipinski definition) is 2. The zero-order valence-corrected chi connectivity index (χ0v) is 13.0. The van der Waals surface area contributed by atoms with Crippen molar-refractivity contribution >= 4 is 56.2 Å². The lowest BCUT2D eigenvalue weighted by Gasteiger charge is -2.10. The molecule has 0 aliphatic carbocycles. The number of halogens is 3. The van der Waals surface area contributed by atoms with Crippen LogP contribution in [0.4, 0.5) is 11.4 Å². The van der Waals surface area contributed by atoms with E-state index in [4.69, 9.17) is 40.5 Å². The molecule has 0 amide bonds. The molecular weight excluding hydrogens is 343 g/mol. The Bertz CT molecular complexity index is 743. The second-order valence-electron chi connectivity index (χ2n) is 3.95. The van der Waals surface area contributed by atoms with Crippen molar-refractivity contribution in [2.45, 2.75) is 4.90 Å².